The number of hydrogen-bond donors (Lipinski definition) is 2. The first-order valence-corrected chi connectivity index (χ1v) is 3.35. The smallest absolute Gasteiger partial charge is 1.00 e. The van der Waals surface area contributed by atoms with Crippen LogP contribution in [-0.2, 0) is 21.9 Å². The summed E-state index contributed by atoms with van der Waals surface area (Å²) in [4.78, 5) is 10.0. The maximum atomic E-state index is 10.0. The number of hydrogen-bond acceptors (Lipinski definition) is 4. The predicted molar refractivity (Wildman–Crippen MR) is 35.9 cm³/mol. The molecule has 0 aliphatic carbocycles. The zero-order chi connectivity index (χ0) is 7.98. The average molecular weight is 236 g/mol. The first kappa shape index (κ1) is 18.1. The van der Waals surface area contributed by atoms with Crippen molar-refractivity contribution in [2.24, 2.45) is 11.5 Å². The van der Waals surface area contributed by atoms with Gasteiger partial charge < -0.3 is 33.8 Å². The Kier molecular flexibility index (Phi) is 16.9. The second-order valence-electron chi connectivity index (χ2n) is 2.21. The summed E-state index contributed by atoms with van der Waals surface area (Å²) in [6.45, 7) is 0.583. The van der Waals surface area contributed by atoms with Gasteiger partial charge in [-0.3, -0.25) is 0 Å². The van der Waals surface area contributed by atoms with Crippen molar-refractivity contribution in [3.63, 3.8) is 0 Å². The van der Waals surface area contributed by atoms with E-state index in [-0.39, 0.29) is 29.5 Å². The van der Waals surface area contributed by atoms with Gasteiger partial charge in [-0.25, -0.2) is 0 Å². The maximum absolute atomic E-state index is 10.0. The number of unbranched alkanes of at least 4 members (excludes halogenated alkanes) is 1. The van der Waals surface area contributed by atoms with Gasteiger partial charge in [0.2, 0.25) is 0 Å². The summed E-state index contributed by atoms with van der Waals surface area (Å²) in [5.41, 5.74) is 10.3. The molecule has 6 heteroatoms. The first-order valence-electron chi connectivity index (χ1n) is 3.35. The molecule has 12 heavy (non-hydrogen) atoms. The predicted octanol–water partition coefficient (Wildman–Crippen LogP) is -4.81. The Morgan fingerprint density at radius 1 is 1.42 bits per heavy atom. The van der Waals surface area contributed by atoms with Crippen LogP contribution in [0.25, 0.3) is 0 Å². The first-order chi connectivity index (χ1) is 4.68. The minimum absolute atomic E-state index is 0. The van der Waals surface area contributed by atoms with Crippen LogP contribution in [0.3, 0.4) is 0 Å². The summed E-state index contributed by atoms with van der Waals surface area (Å²) in [6.07, 6.45) is 2.03. The molecule has 0 aromatic carbocycles. The van der Waals surface area contributed by atoms with Crippen LogP contribution in [0.15, 0.2) is 0 Å². The molecule has 0 saturated heterocycles. The van der Waals surface area contributed by atoms with Gasteiger partial charge in [0.15, 0.2) is 0 Å². The minimum atomic E-state index is -1.18. The van der Waals surface area contributed by atoms with E-state index in [0.29, 0.717) is 13.0 Å². The fourth-order valence-electron chi connectivity index (χ4n) is 0.626. The summed E-state index contributed by atoms with van der Waals surface area (Å²) in [5.74, 6) is -1.18. The molecule has 0 amide bonds. The standard InChI is InChI=1S/C6H14N2O2.ClH.Mn/c7-4-2-1-3-5(8)6(9)10;;/h5H,1-4,7-8H2,(H,9,10);1H;/q;;+2/p-2/t5-;;/m0../s1. The molecule has 73 valence electrons. The van der Waals surface area contributed by atoms with Crippen LogP contribution >= 0.6 is 0 Å². The third-order valence-electron chi connectivity index (χ3n) is 1.27. The number of aliphatic carboxylic acids is 1. The zero-order valence-electron chi connectivity index (χ0n) is 6.63. The van der Waals surface area contributed by atoms with E-state index in [4.69, 9.17) is 11.5 Å². The fraction of sp³-hybridized carbons (Fsp3) is 0.833. The Morgan fingerprint density at radius 3 is 2.25 bits per heavy atom. The van der Waals surface area contributed by atoms with Crippen LogP contribution in [0.5, 0.6) is 0 Å². The van der Waals surface area contributed by atoms with Gasteiger partial charge in [-0.1, -0.05) is 6.42 Å². The third kappa shape index (κ3) is 10.2. The Balaban J connectivity index is -0.000000405. The molecule has 0 spiro atoms. The van der Waals surface area contributed by atoms with Crippen molar-refractivity contribution < 1.29 is 39.4 Å². The molecule has 0 aliphatic heterocycles. The number of halogens is 1. The van der Waals surface area contributed by atoms with Crippen LogP contribution in [-0.4, -0.2) is 18.6 Å². The van der Waals surface area contributed by atoms with E-state index < -0.39 is 12.0 Å². The zero-order valence-corrected chi connectivity index (χ0v) is 8.57. The van der Waals surface area contributed by atoms with E-state index in [9.17, 15) is 9.90 Å². The molecule has 0 rings (SSSR count). The molecular formula is C6H13ClMnN2O2. The van der Waals surface area contributed by atoms with Crippen LogP contribution in [0.1, 0.15) is 19.3 Å². The van der Waals surface area contributed by atoms with Crippen LogP contribution in [0.4, 0.5) is 0 Å². The van der Waals surface area contributed by atoms with Crippen molar-refractivity contribution in [1.82, 2.24) is 0 Å². The number of carbonyl (C=O) groups is 1. The van der Waals surface area contributed by atoms with E-state index in [1.54, 1.807) is 0 Å². The van der Waals surface area contributed by atoms with Crippen molar-refractivity contribution in [2.45, 2.75) is 25.3 Å². The average Bonchev–Trinajstić information content (AvgIpc) is 1.88. The van der Waals surface area contributed by atoms with E-state index in [1.807, 2.05) is 0 Å². The summed E-state index contributed by atoms with van der Waals surface area (Å²) >= 11 is 0. The van der Waals surface area contributed by atoms with Gasteiger partial charge in [0.05, 0.1) is 5.97 Å². The molecule has 0 saturated carbocycles. The van der Waals surface area contributed by atoms with Gasteiger partial charge in [0.1, 0.15) is 0 Å². The molecule has 0 unspecified atom stereocenters. The molecule has 0 aromatic heterocycles. The molecule has 1 radical (unpaired) electrons. The normalized spacial score (nSPS) is 10.8. The van der Waals surface area contributed by atoms with Gasteiger partial charge in [0.25, 0.3) is 0 Å². The van der Waals surface area contributed by atoms with Crippen LogP contribution in [0.2, 0.25) is 0 Å². The SMILES string of the molecule is NCCCC[C@H](N)C(=O)[O-].[Cl-].[Mn+2]. The molecular weight excluding hydrogens is 222 g/mol. The largest absolute Gasteiger partial charge is 2.00 e. The van der Waals surface area contributed by atoms with Gasteiger partial charge in [0, 0.05) is 6.04 Å². The Morgan fingerprint density at radius 2 is 1.92 bits per heavy atom. The Bertz CT molecular complexity index is 116. The number of carbonyl (C=O) groups excluding carboxylic acids is 1. The van der Waals surface area contributed by atoms with Crippen molar-refractivity contribution in [3.05, 3.63) is 0 Å². The quantitative estimate of drug-likeness (QED) is 0.370. The van der Waals surface area contributed by atoms with Gasteiger partial charge in [-0.15, -0.1) is 0 Å². The molecule has 0 fully saturated rings. The minimum Gasteiger partial charge on any atom is -1.00 e. The number of rotatable bonds is 5. The molecule has 0 aliphatic rings. The summed E-state index contributed by atoms with van der Waals surface area (Å²) in [7, 11) is 0. The van der Waals surface area contributed by atoms with Gasteiger partial charge in [-0.2, -0.15) is 0 Å². The molecule has 4 N–H and O–H groups in total. The Hall–Kier alpha value is 0.199. The summed E-state index contributed by atoms with van der Waals surface area (Å²) in [5, 5.41) is 10.0. The number of nitrogens with two attached hydrogens (primary N) is 2. The van der Waals surface area contributed by atoms with Crippen molar-refractivity contribution >= 4 is 5.97 Å². The maximum Gasteiger partial charge on any atom is 2.00 e. The second-order valence-corrected chi connectivity index (χ2v) is 2.21. The summed E-state index contributed by atoms with van der Waals surface area (Å²) in [6, 6.07) is -0.827. The van der Waals surface area contributed by atoms with E-state index in [0.717, 1.165) is 12.8 Å². The summed E-state index contributed by atoms with van der Waals surface area (Å²) < 4.78 is 0. The molecule has 0 heterocycles. The van der Waals surface area contributed by atoms with Crippen LogP contribution < -0.4 is 29.0 Å². The monoisotopic (exact) mass is 235 g/mol. The Labute approximate surface area is 88.9 Å². The topological polar surface area (TPSA) is 92.2 Å². The molecule has 4 nitrogen and oxygen atoms in total. The van der Waals surface area contributed by atoms with Crippen molar-refractivity contribution in [3.8, 4) is 0 Å². The van der Waals surface area contributed by atoms with E-state index in [1.165, 1.54) is 0 Å². The van der Waals surface area contributed by atoms with Gasteiger partial charge >= 0.3 is 17.1 Å². The fourth-order valence-corrected chi connectivity index (χ4v) is 0.626. The van der Waals surface area contributed by atoms with Crippen LogP contribution in [0, 0.1) is 0 Å². The second kappa shape index (κ2) is 11.2. The van der Waals surface area contributed by atoms with E-state index in [2.05, 4.69) is 0 Å². The number of carboxylic acids is 1. The molecule has 0 aromatic rings. The van der Waals surface area contributed by atoms with Crippen molar-refractivity contribution in [2.75, 3.05) is 6.54 Å². The van der Waals surface area contributed by atoms with Gasteiger partial charge in [-0.05, 0) is 19.4 Å². The van der Waals surface area contributed by atoms with Crippen molar-refractivity contribution in [1.29, 1.82) is 0 Å². The number of carboxylic acid groups (broad SMARTS) is 1. The third-order valence-corrected chi connectivity index (χ3v) is 1.27. The van der Waals surface area contributed by atoms with E-state index >= 15 is 0 Å². The molecule has 1 atom stereocenters. The molecule has 0 bridgehead atoms.